The maximum Gasteiger partial charge on any atom is 0.407 e. The molecule has 9 heteroatoms. The molecule has 1 aliphatic heterocycles. The van der Waals surface area contributed by atoms with Crippen LogP contribution in [-0.4, -0.2) is 76.4 Å². The molecule has 4 rings (SSSR count). The second-order valence-electron chi connectivity index (χ2n) is 8.54. The third-order valence-electron chi connectivity index (χ3n) is 6.39. The molecule has 0 aromatic heterocycles. The molecule has 34 heavy (non-hydrogen) atoms. The quantitative estimate of drug-likeness (QED) is 0.528. The molecule has 1 saturated heterocycles. The first-order valence-corrected chi connectivity index (χ1v) is 12.6. The number of alkyl carbamates (subject to hydrolysis) is 1. The van der Waals surface area contributed by atoms with Crippen LogP contribution in [0.3, 0.4) is 0 Å². The highest BCUT2D eigenvalue weighted by molar-refractivity contribution is 7.98. The Morgan fingerprint density at radius 1 is 1.12 bits per heavy atom. The van der Waals surface area contributed by atoms with Crippen LogP contribution in [0.5, 0.6) is 0 Å². The number of hydrogen-bond acceptors (Lipinski definition) is 6. The zero-order valence-corrected chi connectivity index (χ0v) is 19.7. The molecule has 180 valence electrons. The second kappa shape index (κ2) is 10.5. The van der Waals surface area contributed by atoms with E-state index in [1.165, 1.54) is 11.8 Å². The van der Waals surface area contributed by atoms with Gasteiger partial charge < -0.3 is 25.2 Å². The average Bonchev–Trinajstić information content (AvgIpc) is 3.38. The SMILES string of the molecule is CSCCC(NC(=O)OCC1c2ccccc2-c2ccccc21)C(=O)N1C[C@H](O)C[C@H]1C(=O)O. The highest BCUT2D eigenvalue weighted by atomic mass is 32.2. The predicted molar refractivity (Wildman–Crippen MR) is 129 cm³/mol. The minimum atomic E-state index is -1.17. The molecule has 2 aromatic carbocycles. The third kappa shape index (κ3) is 4.90. The first kappa shape index (κ1) is 24.1. The van der Waals surface area contributed by atoms with Gasteiger partial charge in [0.2, 0.25) is 5.91 Å². The number of likely N-dealkylation sites (tertiary alicyclic amines) is 1. The minimum Gasteiger partial charge on any atom is -0.480 e. The molecular weight excluding hydrogens is 456 g/mol. The molecule has 0 radical (unpaired) electrons. The van der Waals surface area contributed by atoms with Crippen molar-refractivity contribution in [3.05, 3.63) is 59.7 Å². The molecule has 1 aliphatic carbocycles. The van der Waals surface area contributed by atoms with Gasteiger partial charge in [-0.15, -0.1) is 0 Å². The summed E-state index contributed by atoms with van der Waals surface area (Å²) < 4.78 is 5.57. The number of aliphatic hydroxyl groups excluding tert-OH is 1. The summed E-state index contributed by atoms with van der Waals surface area (Å²) in [4.78, 5) is 38.5. The van der Waals surface area contributed by atoms with Gasteiger partial charge >= 0.3 is 12.1 Å². The van der Waals surface area contributed by atoms with E-state index in [0.717, 1.165) is 27.2 Å². The number of ether oxygens (including phenoxy) is 1. The maximum absolute atomic E-state index is 13.1. The van der Waals surface area contributed by atoms with E-state index in [1.807, 2.05) is 42.7 Å². The predicted octanol–water partition coefficient (Wildman–Crippen LogP) is 2.69. The van der Waals surface area contributed by atoms with E-state index in [2.05, 4.69) is 17.4 Å². The van der Waals surface area contributed by atoms with E-state index >= 15 is 0 Å². The molecule has 1 fully saturated rings. The highest BCUT2D eigenvalue weighted by Gasteiger charge is 2.41. The van der Waals surface area contributed by atoms with Gasteiger partial charge in [0.05, 0.1) is 6.10 Å². The Hall–Kier alpha value is -3.04. The van der Waals surface area contributed by atoms with Gasteiger partial charge in [-0.1, -0.05) is 48.5 Å². The van der Waals surface area contributed by atoms with E-state index in [4.69, 9.17) is 4.74 Å². The average molecular weight is 485 g/mol. The van der Waals surface area contributed by atoms with E-state index < -0.39 is 36.2 Å². The van der Waals surface area contributed by atoms with Crippen molar-refractivity contribution in [1.82, 2.24) is 10.2 Å². The summed E-state index contributed by atoms with van der Waals surface area (Å²) in [5, 5.41) is 22.0. The van der Waals surface area contributed by atoms with Crippen LogP contribution in [0.1, 0.15) is 29.9 Å². The van der Waals surface area contributed by atoms with Crippen molar-refractivity contribution in [1.29, 1.82) is 0 Å². The smallest absolute Gasteiger partial charge is 0.407 e. The number of fused-ring (bicyclic) bond motifs is 3. The van der Waals surface area contributed by atoms with Gasteiger partial charge in [0.1, 0.15) is 18.7 Å². The Kier molecular flexibility index (Phi) is 7.43. The van der Waals surface area contributed by atoms with Crippen LogP contribution < -0.4 is 5.32 Å². The Labute approximate surface area is 202 Å². The lowest BCUT2D eigenvalue weighted by molar-refractivity contribution is -0.149. The molecule has 2 aromatic rings. The number of carboxylic acids is 1. The van der Waals surface area contributed by atoms with Crippen molar-refractivity contribution >= 4 is 29.7 Å². The largest absolute Gasteiger partial charge is 0.480 e. The number of benzene rings is 2. The van der Waals surface area contributed by atoms with Crippen molar-refractivity contribution in [2.24, 2.45) is 0 Å². The topological polar surface area (TPSA) is 116 Å². The van der Waals surface area contributed by atoms with Gasteiger partial charge in [0.15, 0.2) is 0 Å². The number of nitrogens with one attached hydrogen (secondary N) is 1. The number of thioether (sulfide) groups is 1. The first-order chi connectivity index (χ1) is 16.4. The van der Waals surface area contributed by atoms with Crippen LogP contribution in [0.2, 0.25) is 0 Å². The third-order valence-corrected chi connectivity index (χ3v) is 7.04. The Balaban J connectivity index is 1.44. The van der Waals surface area contributed by atoms with Crippen molar-refractivity contribution in [3.63, 3.8) is 0 Å². The number of β-amino-alcohol motifs (C(OH)–C–C–N with tert-alkyl or cyclic N) is 1. The fourth-order valence-electron chi connectivity index (χ4n) is 4.77. The molecule has 1 unspecified atom stereocenters. The zero-order valence-electron chi connectivity index (χ0n) is 18.8. The highest BCUT2D eigenvalue weighted by Crippen LogP contribution is 2.44. The van der Waals surface area contributed by atoms with Gasteiger partial charge in [-0.25, -0.2) is 9.59 Å². The van der Waals surface area contributed by atoms with Crippen molar-refractivity contribution in [2.45, 2.75) is 36.9 Å². The summed E-state index contributed by atoms with van der Waals surface area (Å²) in [6, 6.07) is 14.0. The summed E-state index contributed by atoms with van der Waals surface area (Å²) in [5.74, 6) is -1.21. The second-order valence-corrected chi connectivity index (χ2v) is 9.52. The molecule has 0 spiro atoms. The Bertz CT molecular complexity index is 1030. The lowest BCUT2D eigenvalue weighted by atomic mass is 9.98. The number of aliphatic hydroxyl groups is 1. The number of amides is 2. The fourth-order valence-corrected chi connectivity index (χ4v) is 5.24. The van der Waals surface area contributed by atoms with Crippen LogP contribution in [-0.2, 0) is 14.3 Å². The Morgan fingerprint density at radius 2 is 1.74 bits per heavy atom. The van der Waals surface area contributed by atoms with E-state index in [0.29, 0.717) is 12.2 Å². The Morgan fingerprint density at radius 3 is 2.32 bits per heavy atom. The standard InChI is InChI=1S/C25H28N2O6S/c1-34-11-10-21(23(29)27-13-15(28)12-22(27)24(30)31)26-25(32)33-14-20-18-8-4-2-6-16(18)17-7-3-5-9-19(17)20/h2-9,15,20-22,28H,10-14H2,1H3,(H,26,32)(H,30,31)/t15-,21?,22+/m1/s1. The molecule has 3 atom stereocenters. The lowest BCUT2D eigenvalue weighted by Gasteiger charge is -2.27. The summed E-state index contributed by atoms with van der Waals surface area (Å²) >= 11 is 1.51. The minimum absolute atomic E-state index is 0.0265. The van der Waals surface area contributed by atoms with Crippen LogP contribution in [0.4, 0.5) is 4.79 Å². The van der Waals surface area contributed by atoms with Crippen LogP contribution in [0, 0.1) is 0 Å². The van der Waals surface area contributed by atoms with Crippen LogP contribution in [0.15, 0.2) is 48.5 Å². The monoisotopic (exact) mass is 484 g/mol. The van der Waals surface area contributed by atoms with E-state index in [-0.39, 0.29) is 25.5 Å². The lowest BCUT2D eigenvalue weighted by Crippen LogP contribution is -2.52. The molecule has 3 N–H and O–H groups in total. The van der Waals surface area contributed by atoms with Crippen molar-refractivity contribution in [2.75, 3.05) is 25.2 Å². The fraction of sp³-hybridized carbons (Fsp3) is 0.400. The number of aliphatic carboxylic acids is 1. The van der Waals surface area contributed by atoms with Crippen molar-refractivity contribution in [3.8, 4) is 11.1 Å². The maximum atomic E-state index is 13.1. The van der Waals surface area contributed by atoms with Gasteiger partial charge in [-0.2, -0.15) is 11.8 Å². The van der Waals surface area contributed by atoms with Crippen molar-refractivity contribution < 1.29 is 29.3 Å². The van der Waals surface area contributed by atoms with Gasteiger partial charge in [0.25, 0.3) is 0 Å². The number of hydrogen-bond donors (Lipinski definition) is 3. The van der Waals surface area contributed by atoms with E-state index in [9.17, 15) is 24.6 Å². The number of carbonyl (C=O) groups is 3. The number of carbonyl (C=O) groups excluding carboxylic acids is 2. The number of nitrogens with zero attached hydrogens (tertiary/aromatic N) is 1. The molecule has 0 bridgehead atoms. The van der Waals surface area contributed by atoms with Gasteiger partial charge in [0, 0.05) is 18.9 Å². The summed E-state index contributed by atoms with van der Waals surface area (Å²) in [5.41, 5.74) is 4.41. The first-order valence-electron chi connectivity index (χ1n) is 11.2. The summed E-state index contributed by atoms with van der Waals surface area (Å²) in [6.07, 6.45) is 0.549. The molecule has 2 amide bonds. The zero-order chi connectivity index (χ0) is 24.2. The van der Waals surface area contributed by atoms with Gasteiger partial charge in [-0.05, 0) is 40.7 Å². The molecule has 8 nitrogen and oxygen atoms in total. The summed E-state index contributed by atoms with van der Waals surface area (Å²) in [7, 11) is 0. The van der Waals surface area contributed by atoms with E-state index in [1.54, 1.807) is 0 Å². The molecular formula is C25H28N2O6S. The van der Waals surface area contributed by atoms with Gasteiger partial charge in [-0.3, -0.25) is 4.79 Å². The molecule has 1 heterocycles. The molecule has 0 saturated carbocycles. The molecule has 2 aliphatic rings. The van der Waals surface area contributed by atoms with Crippen LogP contribution in [0.25, 0.3) is 11.1 Å². The number of rotatable bonds is 8. The van der Waals surface area contributed by atoms with Crippen LogP contribution >= 0.6 is 11.8 Å². The normalized spacial score (nSPS) is 19.9. The summed E-state index contributed by atoms with van der Waals surface area (Å²) in [6.45, 7) is 0.0431. The number of carboxylic acid groups (broad SMARTS) is 1.